The Kier molecular flexibility index (Phi) is 4.44. The van der Waals surface area contributed by atoms with Crippen molar-refractivity contribution in [3.8, 4) is 0 Å². The second-order valence-electron chi connectivity index (χ2n) is 5.03. The third-order valence-corrected chi connectivity index (χ3v) is 2.96. The molecule has 1 aromatic carbocycles. The molecule has 0 radical (unpaired) electrons. The molecule has 0 unspecified atom stereocenters. The SMILES string of the molecule is CC(C)c1ccc(C(=O)Nc2cccc(C(F)(F)F)c2)nn1. The highest BCUT2D eigenvalue weighted by Gasteiger charge is 2.30. The number of nitrogens with one attached hydrogen (secondary N) is 1. The number of rotatable bonds is 3. The smallest absolute Gasteiger partial charge is 0.321 e. The van der Waals surface area contributed by atoms with E-state index < -0.39 is 17.6 Å². The number of nitrogens with zero attached hydrogens (tertiary/aromatic N) is 2. The lowest BCUT2D eigenvalue weighted by Crippen LogP contribution is -2.15. The summed E-state index contributed by atoms with van der Waals surface area (Å²) in [6, 6.07) is 7.57. The Morgan fingerprint density at radius 3 is 2.41 bits per heavy atom. The normalized spacial score (nSPS) is 11.5. The average Bonchev–Trinajstić information content (AvgIpc) is 2.46. The van der Waals surface area contributed by atoms with Gasteiger partial charge in [0, 0.05) is 5.69 Å². The Morgan fingerprint density at radius 1 is 1.14 bits per heavy atom. The van der Waals surface area contributed by atoms with Crippen LogP contribution in [0.15, 0.2) is 36.4 Å². The zero-order valence-electron chi connectivity index (χ0n) is 12.0. The van der Waals surface area contributed by atoms with Crippen molar-refractivity contribution in [3.05, 3.63) is 53.3 Å². The fraction of sp³-hybridized carbons (Fsp3) is 0.267. The summed E-state index contributed by atoms with van der Waals surface area (Å²) in [4.78, 5) is 12.0. The molecule has 2 rings (SSSR count). The molecule has 2 aromatic rings. The predicted octanol–water partition coefficient (Wildman–Crippen LogP) is 3.87. The summed E-state index contributed by atoms with van der Waals surface area (Å²) in [6.07, 6.45) is -4.46. The number of amides is 1. The highest BCUT2D eigenvalue weighted by Crippen LogP contribution is 2.30. The molecule has 0 fully saturated rings. The maximum Gasteiger partial charge on any atom is 0.416 e. The molecule has 1 amide bonds. The van der Waals surface area contributed by atoms with Crippen LogP contribution in [-0.2, 0) is 6.18 Å². The van der Waals surface area contributed by atoms with Crippen molar-refractivity contribution in [3.63, 3.8) is 0 Å². The number of carbonyl (C=O) groups excluding carboxylic acids is 1. The van der Waals surface area contributed by atoms with Crippen molar-refractivity contribution in [2.75, 3.05) is 5.32 Å². The Balaban J connectivity index is 2.15. The third-order valence-electron chi connectivity index (χ3n) is 2.96. The lowest BCUT2D eigenvalue weighted by atomic mass is 10.1. The van der Waals surface area contributed by atoms with Crippen LogP contribution < -0.4 is 5.32 Å². The number of aromatic nitrogens is 2. The molecule has 22 heavy (non-hydrogen) atoms. The first-order chi connectivity index (χ1) is 10.3. The molecule has 0 spiro atoms. The van der Waals surface area contributed by atoms with Crippen LogP contribution in [0.1, 0.15) is 41.5 Å². The average molecular weight is 309 g/mol. The van der Waals surface area contributed by atoms with Crippen LogP contribution in [0.25, 0.3) is 0 Å². The third kappa shape index (κ3) is 3.81. The first kappa shape index (κ1) is 15.9. The van der Waals surface area contributed by atoms with Gasteiger partial charge in [-0.25, -0.2) is 0 Å². The van der Waals surface area contributed by atoms with Crippen LogP contribution >= 0.6 is 0 Å². The van der Waals surface area contributed by atoms with Crippen molar-refractivity contribution in [1.82, 2.24) is 10.2 Å². The van der Waals surface area contributed by atoms with E-state index in [2.05, 4.69) is 15.5 Å². The quantitative estimate of drug-likeness (QED) is 0.936. The number of anilines is 1. The maximum absolute atomic E-state index is 12.6. The Labute approximate surface area is 125 Å². The Hall–Kier alpha value is -2.44. The Morgan fingerprint density at radius 2 is 1.86 bits per heavy atom. The van der Waals surface area contributed by atoms with Crippen molar-refractivity contribution in [2.45, 2.75) is 25.9 Å². The lowest BCUT2D eigenvalue weighted by Gasteiger charge is -2.09. The van der Waals surface area contributed by atoms with Gasteiger partial charge >= 0.3 is 6.18 Å². The van der Waals surface area contributed by atoms with Crippen LogP contribution in [0.4, 0.5) is 18.9 Å². The second kappa shape index (κ2) is 6.13. The van der Waals surface area contributed by atoms with Gasteiger partial charge in [0.15, 0.2) is 5.69 Å². The van der Waals surface area contributed by atoms with Crippen LogP contribution in [0.5, 0.6) is 0 Å². The van der Waals surface area contributed by atoms with Gasteiger partial charge in [0.1, 0.15) is 0 Å². The molecule has 0 saturated carbocycles. The molecule has 4 nitrogen and oxygen atoms in total. The molecule has 0 aliphatic heterocycles. The summed E-state index contributed by atoms with van der Waals surface area (Å²) in [5.74, 6) is -0.435. The van der Waals surface area contributed by atoms with Crippen molar-refractivity contribution in [2.24, 2.45) is 0 Å². The van der Waals surface area contributed by atoms with Gasteiger partial charge in [0.25, 0.3) is 5.91 Å². The van der Waals surface area contributed by atoms with Crippen LogP contribution in [0.3, 0.4) is 0 Å². The van der Waals surface area contributed by atoms with Gasteiger partial charge in [-0.05, 0) is 36.2 Å². The first-order valence-electron chi connectivity index (χ1n) is 6.59. The van der Waals surface area contributed by atoms with Gasteiger partial charge in [-0.3, -0.25) is 4.79 Å². The standard InChI is InChI=1S/C15H14F3N3O/c1-9(2)12-6-7-13(21-20-12)14(22)19-11-5-3-4-10(8-11)15(16,17)18/h3-9H,1-2H3,(H,19,22). The predicted molar refractivity (Wildman–Crippen MR) is 75.5 cm³/mol. The summed E-state index contributed by atoms with van der Waals surface area (Å²) in [7, 11) is 0. The second-order valence-corrected chi connectivity index (χ2v) is 5.03. The number of alkyl halides is 3. The van der Waals surface area contributed by atoms with Gasteiger partial charge in [-0.15, -0.1) is 5.10 Å². The van der Waals surface area contributed by atoms with Crippen LogP contribution in [0, 0.1) is 0 Å². The molecule has 0 bridgehead atoms. The number of hydrogen-bond acceptors (Lipinski definition) is 3. The monoisotopic (exact) mass is 309 g/mol. The minimum Gasteiger partial charge on any atom is -0.321 e. The van der Waals surface area contributed by atoms with Crippen LogP contribution in [-0.4, -0.2) is 16.1 Å². The molecule has 1 N–H and O–H groups in total. The molecular formula is C15H14F3N3O. The van der Waals surface area contributed by atoms with E-state index in [1.807, 2.05) is 13.8 Å². The lowest BCUT2D eigenvalue weighted by molar-refractivity contribution is -0.137. The summed E-state index contributed by atoms with van der Waals surface area (Å²) in [5, 5.41) is 10.1. The highest BCUT2D eigenvalue weighted by atomic mass is 19.4. The number of benzene rings is 1. The molecule has 7 heteroatoms. The maximum atomic E-state index is 12.6. The zero-order chi connectivity index (χ0) is 16.3. The van der Waals surface area contributed by atoms with Crippen molar-refractivity contribution < 1.29 is 18.0 Å². The summed E-state index contributed by atoms with van der Waals surface area (Å²) < 4.78 is 37.8. The highest BCUT2D eigenvalue weighted by molar-refractivity contribution is 6.02. The van der Waals surface area contributed by atoms with E-state index in [9.17, 15) is 18.0 Å². The molecule has 0 aliphatic rings. The van der Waals surface area contributed by atoms with Crippen molar-refractivity contribution in [1.29, 1.82) is 0 Å². The van der Waals surface area contributed by atoms with E-state index in [1.54, 1.807) is 6.07 Å². The number of halogens is 3. The summed E-state index contributed by atoms with van der Waals surface area (Å²) in [6.45, 7) is 3.87. The van der Waals surface area contributed by atoms with E-state index in [1.165, 1.54) is 18.2 Å². The minimum absolute atomic E-state index is 0.0433. The van der Waals surface area contributed by atoms with E-state index in [4.69, 9.17) is 0 Å². The molecular weight excluding hydrogens is 295 g/mol. The van der Waals surface area contributed by atoms with Gasteiger partial charge in [0.05, 0.1) is 11.3 Å². The zero-order valence-corrected chi connectivity index (χ0v) is 12.0. The number of carbonyl (C=O) groups is 1. The molecule has 0 aliphatic carbocycles. The molecule has 1 aromatic heterocycles. The summed E-state index contributed by atoms with van der Waals surface area (Å²) in [5.41, 5.74) is -0.00136. The molecule has 1 heterocycles. The fourth-order valence-corrected chi connectivity index (χ4v) is 1.74. The molecule has 116 valence electrons. The fourth-order valence-electron chi connectivity index (χ4n) is 1.74. The first-order valence-corrected chi connectivity index (χ1v) is 6.59. The van der Waals surface area contributed by atoms with E-state index in [0.29, 0.717) is 0 Å². The van der Waals surface area contributed by atoms with Gasteiger partial charge in [0.2, 0.25) is 0 Å². The van der Waals surface area contributed by atoms with Gasteiger partial charge in [-0.2, -0.15) is 18.3 Å². The molecule has 0 saturated heterocycles. The van der Waals surface area contributed by atoms with E-state index in [-0.39, 0.29) is 17.3 Å². The topological polar surface area (TPSA) is 54.9 Å². The minimum atomic E-state index is -4.46. The van der Waals surface area contributed by atoms with Crippen LogP contribution in [0.2, 0.25) is 0 Å². The van der Waals surface area contributed by atoms with E-state index >= 15 is 0 Å². The largest absolute Gasteiger partial charge is 0.416 e. The van der Waals surface area contributed by atoms with E-state index in [0.717, 1.165) is 17.8 Å². The van der Waals surface area contributed by atoms with Gasteiger partial charge in [-0.1, -0.05) is 19.9 Å². The van der Waals surface area contributed by atoms with Gasteiger partial charge < -0.3 is 5.32 Å². The Bertz CT molecular complexity index is 666. The molecule has 0 atom stereocenters. The number of hydrogen-bond donors (Lipinski definition) is 1. The summed E-state index contributed by atoms with van der Waals surface area (Å²) >= 11 is 0. The van der Waals surface area contributed by atoms with Crippen molar-refractivity contribution >= 4 is 11.6 Å².